The molecule has 2 aliphatic rings. The van der Waals surface area contributed by atoms with E-state index in [9.17, 15) is 23.4 Å². The van der Waals surface area contributed by atoms with Gasteiger partial charge in [0.25, 0.3) is 0 Å². The molecule has 0 bridgehead atoms. The smallest absolute Gasteiger partial charge is 0.419 e. The van der Waals surface area contributed by atoms with Crippen molar-refractivity contribution in [2.75, 3.05) is 0 Å². The summed E-state index contributed by atoms with van der Waals surface area (Å²) in [6.45, 7) is 8.07. The van der Waals surface area contributed by atoms with Crippen LogP contribution in [0.4, 0.5) is 13.2 Å². The maximum absolute atomic E-state index is 13.1. The highest BCUT2D eigenvalue weighted by Gasteiger charge is 2.38. The topological polar surface area (TPSA) is 49.7 Å². The Morgan fingerprint density at radius 2 is 1.91 bits per heavy atom. The highest BCUT2D eigenvalue weighted by atomic mass is 19.4. The Balaban J connectivity index is 1.90. The number of hydrogen-bond acceptors (Lipinski definition) is 3. The van der Waals surface area contributed by atoms with Gasteiger partial charge >= 0.3 is 6.18 Å². The van der Waals surface area contributed by atoms with E-state index < -0.39 is 29.2 Å². The molecule has 1 heterocycles. The molecule has 0 fully saturated rings. The summed E-state index contributed by atoms with van der Waals surface area (Å²) in [7, 11) is 0. The van der Waals surface area contributed by atoms with Crippen LogP contribution in [-0.2, 0) is 12.6 Å². The summed E-state index contributed by atoms with van der Waals surface area (Å²) in [5.74, 6) is 0.0555. The highest BCUT2D eigenvalue weighted by molar-refractivity contribution is 5.77. The number of alkyl halides is 3. The molecule has 3 nitrogen and oxygen atoms in total. The number of phenolic OH excluding ortho intramolecular Hbond substituents is 1. The second-order valence-corrected chi connectivity index (χ2v) is 10.1. The van der Waals surface area contributed by atoms with Crippen LogP contribution < -0.4 is 4.74 Å². The van der Waals surface area contributed by atoms with Gasteiger partial charge in [-0.15, -0.1) is 0 Å². The second-order valence-electron chi connectivity index (χ2n) is 10.1. The van der Waals surface area contributed by atoms with Gasteiger partial charge in [0.2, 0.25) is 0 Å². The van der Waals surface area contributed by atoms with Crippen molar-refractivity contribution in [1.29, 1.82) is 0 Å². The molecule has 178 valence electrons. The Bertz CT molecular complexity index is 1100. The molecular formula is C27H31F3O3. The molecule has 33 heavy (non-hydrogen) atoms. The molecule has 1 unspecified atom stereocenters. The molecule has 0 spiro atoms. The number of aliphatic hydroxyl groups excluding tert-OH is 1. The van der Waals surface area contributed by atoms with Crippen molar-refractivity contribution in [3.63, 3.8) is 0 Å². The number of benzene rings is 2. The van der Waals surface area contributed by atoms with Crippen LogP contribution in [0.2, 0.25) is 0 Å². The van der Waals surface area contributed by atoms with E-state index in [0.29, 0.717) is 24.2 Å². The molecule has 1 atom stereocenters. The van der Waals surface area contributed by atoms with E-state index in [-0.39, 0.29) is 5.92 Å². The van der Waals surface area contributed by atoms with Crippen LogP contribution in [0, 0.1) is 0 Å². The van der Waals surface area contributed by atoms with Crippen LogP contribution in [0.1, 0.15) is 98.8 Å². The van der Waals surface area contributed by atoms with E-state index in [1.54, 1.807) is 0 Å². The molecule has 1 aliphatic carbocycles. The van der Waals surface area contributed by atoms with E-state index in [1.165, 1.54) is 12.1 Å². The number of aliphatic hydroxyl groups is 1. The van der Waals surface area contributed by atoms with Crippen LogP contribution in [0.3, 0.4) is 0 Å². The number of halogens is 3. The average Bonchev–Trinajstić information content (AvgIpc) is 3.20. The molecule has 0 saturated heterocycles. The quantitative estimate of drug-likeness (QED) is 0.504. The minimum Gasteiger partial charge on any atom is -0.507 e. The summed E-state index contributed by atoms with van der Waals surface area (Å²) in [6, 6.07) is 5.56. The predicted molar refractivity (Wildman–Crippen MR) is 123 cm³/mol. The molecule has 0 radical (unpaired) electrons. The van der Waals surface area contributed by atoms with Crippen LogP contribution in [0.25, 0.3) is 5.57 Å². The second kappa shape index (κ2) is 8.39. The number of aromatic hydroxyl groups is 1. The first kappa shape index (κ1) is 23.7. The Morgan fingerprint density at radius 1 is 1.18 bits per heavy atom. The summed E-state index contributed by atoms with van der Waals surface area (Å²) in [6.07, 6.45) is 0.580. The Kier molecular flexibility index (Phi) is 6.02. The van der Waals surface area contributed by atoms with E-state index in [2.05, 4.69) is 19.9 Å². The lowest BCUT2D eigenvalue weighted by Crippen LogP contribution is -2.35. The van der Waals surface area contributed by atoms with Crippen LogP contribution >= 0.6 is 0 Å². The zero-order valence-corrected chi connectivity index (χ0v) is 19.5. The molecule has 1 aliphatic heterocycles. The van der Waals surface area contributed by atoms with Crippen molar-refractivity contribution >= 4 is 5.57 Å². The maximum atomic E-state index is 13.1. The molecular weight excluding hydrogens is 429 g/mol. The molecule has 6 heteroatoms. The summed E-state index contributed by atoms with van der Waals surface area (Å²) in [5.41, 5.74) is 3.98. The van der Waals surface area contributed by atoms with Gasteiger partial charge in [0.15, 0.2) is 0 Å². The number of allylic oxidation sites excluding steroid dienone is 2. The summed E-state index contributed by atoms with van der Waals surface area (Å²) < 4.78 is 45.7. The molecule has 0 saturated carbocycles. The monoisotopic (exact) mass is 460 g/mol. The molecule has 2 aromatic carbocycles. The average molecular weight is 461 g/mol. The van der Waals surface area contributed by atoms with Gasteiger partial charge in [-0.3, -0.25) is 0 Å². The lowest BCUT2D eigenvalue weighted by atomic mass is 9.79. The van der Waals surface area contributed by atoms with Gasteiger partial charge in [-0.25, -0.2) is 0 Å². The number of phenols is 1. The highest BCUT2D eigenvalue weighted by Crippen LogP contribution is 2.49. The third-order valence-corrected chi connectivity index (χ3v) is 6.61. The van der Waals surface area contributed by atoms with Gasteiger partial charge in [0.05, 0.1) is 11.7 Å². The number of fused-ring (bicyclic) bond motifs is 1. The molecule has 0 amide bonds. The molecule has 2 aromatic rings. The van der Waals surface area contributed by atoms with Gasteiger partial charge in [-0.1, -0.05) is 26.0 Å². The minimum atomic E-state index is -4.61. The predicted octanol–water partition coefficient (Wildman–Crippen LogP) is 7.29. The SMILES string of the molecule is CC(C)c1cc2c(c(C3=CCCC3)c1Cc1ccc(C(F)(F)F)c(O)c1)C(O)CC(C)(C)O2. The van der Waals surface area contributed by atoms with Crippen LogP contribution in [0.5, 0.6) is 11.5 Å². The van der Waals surface area contributed by atoms with Crippen molar-refractivity contribution in [2.24, 2.45) is 0 Å². The first-order valence-electron chi connectivity index (χ1n) is 11.5. The fourth-order valence-corrected chi connectivity index (χ4v) is 5.16. The van der Waals surface area contributed by atoms with E-state index in [4.69, 9.17) is 4.74 Å². The van der Waals surface area contributed by atoms with Gasteiger partial charge in [-0.05, 0) is 91.5 Å². The fourth-order valence-electron chi connectivity index (χ4n) is 5.16. The largest absolute Gasteiger partial charge is 0.507 e. The van der Waals surface area contributed by atoms with Crippen LogP contribution in [-0.4, -0.2) is 15.8 Å². The Morgan fingerprint density at radius 3 is 2.48 bits per heavy atom. The normalized spacial score (nSPS) is 19.9. The number of rotatable bonds is 4. The third-order valence-electron chi connectivity index (χ3n) is 6.61. The first-order chi connectivity index (χ1) is 15.4. The fraction of sp³-hybridized carbons (Fsp3) is 0.481. The molecule has 0 aromatic heterocycles. The van der Waals surface area contributed by atoms with Crippen molar-refractivity contribution < 1.29 is 28.1 Å². The van der Waals surface area contributed by atoms with E-state index in [0.717, 1.165) is 53.2 Å². The standard InChI is InChI=1S/C27H31F3O3/c1-15(2)18-13-23-25(22(32)14-26(3,4)33-23)24(17-7-5-6-8-17)19(18)11-16-9-10-20(21(31)12-16)27(28,29)30/h7,9-10,12-13,15,22,31-32H,5-6,8,11,14H2,1-4H3. The van der Waals surface area contributed by atoms with Gasteiger partial charge in [-0.2, -0.15) is 13.2 Å². The lowest BCUT2D eigenvalue weighted by Gasteiger charge is -2.38. The minimum absolute atomic E-state index is 0.139. The molecule has 4 rings (SSSR count). The van der Waals surface area contributed by atoms with Crippen molar-refractivity contribution in [2.45, 2.75) is 83.6 Å². The summed E-state index contributed by atoms with van der Waals surface area (Å²) in [4.78, 5) is 0. The summed E-state index contributed by atoms with van der Waals surface area (Å²) >= 11 is 0. The van der Waals surface area contributed by atoms with E-state index in [1.807, 2.05) is 19.9 Å². The van der Waals surface area contributed by atoms with E-state index >= 15 is 0 Å². The number of ether oxygens (including phenoxy) is 1. The third kappa shape index (κ3) is 4.63. The summed E-state index contributed by atoms with van der Waals surface area (Å²) in [5, 5.41) is 21.2. The Hall–Kier alpha value is -2.47. The maximum Gasteiger partial charge on any atom is 0.419 e. The van der Waals surface area contributed by atoms with Crippen molar-refractivity contribution in [1.82, 2.24) is 0 Å². The first-order valence-corrected chi connectivity index (χ1v) is 11.5. The van der Waals surface area contributed by atoms with Gasteiger partial charge in [0.1, 0.15) is 17.1 Å². The van der Waals surface area contributed by atoms with Crippen molar-refractivity contribution in [3.8, 4) is 11.5 Å². The van der Waals surface area contributed by atoms with Crippen molar-refractivity contribution in [3.05, 3.63) is 63.7 Å². The Labute approximate surface area is 192 Å². The molecule has 2 N–H and O–H groups in total. The van der Waals surface area contributed by atoms with Gasteiger partial charge < -0.3 is 14.9 Å². The number of hydrogen-bond donors (Lipinski definition) is 2. The van der Waals surface area contributed by atoms with Gasteiger partial charge in [0, 0.05) is 12.0 Å². The lowest BCUT2D eigenvalue weighted by molar-refractivity contribution is -0.138. The zero-order chi connectivity index (χ0) is 24.1. The van der Waals surface area contributed by atoms with Crippen LogP contribution in [0.15, 0.2) is 30.3 Å². The zero-order valence-electron chi connectivity index (χ0n) is 19.5.